The molecule has 0 aliphatic carbocycles. The molecule has 3 N–H and O–H groups in total. The Labute approximate surface area is 140 Å². The molecule has 1 aromatic carbocycles. The smallest absolute Gasteiger partial charge is 0.219 e. The van der Waals surface area contributed by atoms with E-state index in [2.05, 4.69) is 48.5 Å². The highest BCUT2D eigenvalue weighted by molar-refractivity contribution is 5.76. The van der Waals surface area contributed by atoms with Crippen LogP contribution >= 0.6 is 0 Å². The summed E-state index contributed by atoms with van der Waals surface area (Å²) in [6.45, 7) is 4.22. The van der Waals surface area contributed by atoms with E-state index in [4.69, 9.17) is 5.73 Å². The number of unbranched alkanes of at least 4 members (excludes halogenated alkanes) is 2. The second kappa shape index (κ2) is 8.34. The fraction of sp³-hybridized carbons (Fsp3) is 0.632. The molecule has 0 bridgehead atoms. The molecular formula is C19H31N3O. The first-order valence-corrected chi connectivity index (χ1v) is 8.87. The zero-order valence-electron chi connectivity index (χ0n) is 14.6. The SMILES string of the molecule is CCCCCc1ccc(NC2(CC(N)=O)CCN(C)CC2)cc1. The number of rotatable bonds is 8. The summed E-state index contributed by atoms with van der Waals surface area (Å²) in [5, 5.41) is 3.61. The van der Waals surface area contributed by atoms with Crippen LogP contribution in [0.15, 0.2) is 24.3 Å². The Morgan fingerprint density at radius 2 is 1.87 bits per heavy atom. The van der Waals surface area contributed by atoms with Crippen molar-refractivity contribution >= 4 is 11.6 Å². The Morgan fingerprint density at radius 1 is 1.22 bits per heavy atom. The first kappa shape index (κ1) is 17.8. The zero-order valence-corrected chi connectivity index (χ0v) is 14.6. The van der Waals surface area contributed by atoms with Gasteiger partial charge >= 0.3 is 0 Å². The molecule has 0 radical (unpaired) electrons. The molecule has 1 amide bonds. The van der Waals surface area contributed by atoms with Crippen LogP contribution in [0, 0.1) is 0 Å². The van der Waals surface area contributed by atoms with Crippen molar-refractivity contribution in [3.8, 4) is 0 Å². The number of benzene rings is 1. The van der Waals surface area contributed by atoms with Crippen LogP contribution in [0.2, 0.25) is 0 Å². The Morgan fingerprint density at radius 3 is 2.43 bits per heavy atom. The number of hydrogen-bond acceptors (Lipinski definition) is 3. The van der Waals surface area contributed by atoms with Gasteiger partial charge < -0.3 is 16.0 Å². The van der Waals surface area contributed by atoms with Gasteiger partial charge in [0.15, 0.2) is 0 Å². The Kier molecular flexibility index (Phi) is 6.46. The van der Waals surface area contributed by atoms with Crippen LogP contribution in [0.3, 0.4) is 0 Å². The van der Waals surface area contributed by atoms with Crippen molar-refractivity contribution in [1.82, 2.24) is 4.90 Å². The predicted molar refractivity (Wildman–Crippen MR) is 96.6 cm³/mol. The number of anilines is 1. The van der Waals surface area contributed by atoms with Gasteiger partial charge in [-0.3, -0.25) is 4.79 Å². The maximum absolute atomic E-state index is 11.5. The van der Waals surface area contributed by atoms with Crippen molar-refractivity contribution in [1.29, 1.82) is 0 Å². The van der Waals surface area contributed by atoms with Crippen LogP contribution < -0.4 is 11.1 Å². The number of carbonyl (C=O) groups is 1. The summed E-state index contributed by atoms with van der Waals surface area (Å²) in [5.74, 6) is -0.224. The number of amides is 1. The molecule has 128 valence electrons. The Hall–Kier alpha value is -1.55. The molecule has 1 aromatic rings. The highest BCUT2D eigenvalue weighted by atomic mass is 16.1. The van der Waals surface area contributed by atoms with Crippen LogP contribution in [-0.2, 0) is 11.2 Å². The van der Waals surface area contributed by atoms with E-state index in [1.807, 2.05) is 0 Å². The maximum Gasteiger partial charge on any atom is 0.219 e. The number of primary amides is 1. The standard InChI is InChI=1S/C19H31N3O/c1-3-4-5-6-16-7-9-17(10-8-16)21-19(15-18(20)23)11-13-22(2)14-12-19/h7-10,21H,3-6,11-15H2,1-2H3,(H2,20,23). The molecule has 1 fully saturated rings. The minimum absolute atomic E-state index is 0.192. The minimum Gasteiger partial charge on any atom is -0.379 e. The van der Waals surface area contributed by atoms with Crippen LogP contribution in [-0.4, -0.2) is 36.5 Å². The van der Waals surface area contributed by atoms with E-state index in [9.17, 15) is 4.79 Å². The molecule has 0 saturated carbocycles. The van der Waals surface area contributed by atoms with Gasteiger partial charge in [0, 0.05) is 30.7 Å². The number of carbonyl (C=O) groups excluding carboxylic acids is 1. The number of likely N-dealkylation sites (tertiary alicyclic amines) is 1. The summed E-state index contributed by atoms with van der Waals surface area (Å²) in [6.07, 6.45) is 7.24. The number of aryl methyl sites for hydroxylation is 1. The average molecular weight is 317 g/mol. The lowest BCUT2D eigenvalue weighted by molar-refractivity contribution is -0.119. The van der Waals surface area contributed by atoms with Gasteiger partial charge in [0.25, 0.3) is 0 Å². The molecule has 1 saturated heterocycles. The molecule has 0 spiro atoms. The van der Waals surface area contributed by atoms with Crippen LogP contribution in [0.4, 0.5) is 5.69 Å². The summed E-state index contributed by atoms with van der Waals surface area (Å²) in [4.78, 5) is 13.8. The fourth-order valence-electron chi connectivity index (χ4n) is 3.37. The fourth-order valence-corrected chi connectivity index (χ4v) is 3.37. The van der Waals surface area contributed by atoms with Crippen LogP contribution in [0.1, 0.15) is 51.0 Å². The van der Waals surface area contributed by atoms with E-state index in [1.165, 1.54) is 24.8 Å². The van der Waals surface area contributed by atoms with Gasteiger partial charge in [-0.2, -0.15) is 0 Å². The number of nitrogens with two attached hydrogens (primary N) is 1. The first-order valence-electron chi connectivity index (χ1n) is 8.87. The summed E-state index contributed by atoms with van der Waals surface area (Å²) < 4.78 is 0. The molecule has 4 nitrogen and oxygen atoms in total. The van der Waals surface area contributed by atoms with Crippen molar-refractivity contribution in [2.75, 3.05) is 25.5 Å². The highest BCUT2D eigenvalue weighted by Gasteiger charge is 2.35. The molecule has 2 rings (SSSR count). The lowest BCUT2D eigenvalue weighted by Crippen LogP contribution is -2.50. The monoisotopic (exact) mass is 317 g/mol. The van der Waals surface area contributed by atoms with E-state index in [0.717, 1.165) is 38.0 Å². The summed E-state index contributed by atoms with van der Waals surface area (Å²) in [7, 11) is 2.12. The van der Waals surface area contributed by atoms with Gasteiger partial charge in [0.1, 0.15) is 0 Å². The lowest BCUT2D eigenvalue weighted by Gasteiger charge is -2.41. The third-order valence-corrected chi connectivity index (χ3v) is 4.89. The van der Waals surface area contributed by atoms with Gasteiger partial charge in [-0.05, 0) is 50.4 Å². The quantitative estimate of drug-likeness (QED) is 0.724. The molecule has 4 heteroatoms. The highest BCUT2D eigenvalue weighted by Crippen LogP contribution is 2.30. The van der Waals surface area contributed by atoms with E-state index in [1.54, 1.807) is 0 Å². The lowest BCUT2D eigenvalue weighted by atomic mass is 9.84. The van der Waals surface area contributed by atoms with Crippen molar-refractivity contribution in [3.05, 3.63) is 29.8 Å². The Bertz CT molecular complexity index is 490. The third kappa shape index (κ3) is 5.54. The Balaban J connectivity index is 2.00. The molecule has 1 aliphatic heterocycles. The average Bonchev–Trinajstić information content (AvgIpc) is 2.52. The van der Waals surface area contributed by atoms with Gasteiger partial charge in [0.2, 0.25) is 5.91 Å². The molecule has 1 heterocycles. The molecule has 1 aliphatic rings. The third-order valence-electron chi connectivity index (χ3n) is 4.89. The van der Waals surface area contributed by atoms with Crippen molar-refractivity contribution < 1.29 is 4.79 Å². The van der Waals surface area contributed by atoms with Crippen LogP contribution in [0.25, 0.3) is 0 Å². The molecule has 23 heavy (non-hydrogen) atoms. The number of hydrogen-bond donors (Lipinski definition) is 2. The number of nitrogens with zero attached hydrogens (tertiary/aromatic N) is 1. The maximum atomic E-state index is 11.5. The van der Waals surface area contributed by atoms with Gasteiger partial charge in [-0.15, -0.1) is 0 Å². The molecule has 0 aromatic heterocycles. The summed E-state index contributed by atoms with van der Waals surface area (Å²) in [6, 6.07) is 8.68. The van der Waals surface area contributed by atoms with Crippen molar-refractivity contribution in [3.63, 3.8) is 0 Å². The second-order valence-corrected chi connectivity index (χ2v) is 7.01. The minimum atomic E-state index is -0.224. The van der Waals surface area contributed by atoms with E-state index < -0.39 is 0 Å². The molecule has 0 atom stereocenters. The van der Waals surface area contributed by atoms with Crippen molar-refractivity contribution in [2.45, 2.75) is 57.4 Å². The molecule has 0 unspecified atom stereocenters. The van der Waals surface area contributed by atoms with Gasteiger partial charge in [-0.25, -0.2) is 0 Å². The summed E-state index contributed by atoms with van der Waals surface area (Å²) >= 11 is 0. The van der Waals surface area contributed by atoms with Gasteiger partial charge in [-0.1, -0.05) is 31.9 Å². The second-order valence-electron chi connectivity index (χ2n) is 7.01. The van der Waals surface area contributed by atoms with E-state index >= 15 is 0 Å². The largest absolute Gasteiger partial charge is 0.379 e. The molecular weight excluding hydrogens is 286 g/mol. The summed E-state index contributed by atoms with van der Waals surface area (Å²) in [5.41, 5.74) is 7.78. The number of nitrogens with one attached hydrogen (secondary N) is 1. The normalized spacial score (nSPS) is 17.8. The van der Waals surface area contributed by atoms with E-state index in [0.29, 0.717) is 6.42 Å². The van der Waals surface area contributed by atoms with E-state index in [-0.39, 0.29) is 11.4 Å². The first-order chi connectivity index (χ1) is 11.0. The van der Waals surface area contributed by atoms with Crippen LogP contribution in [0.5, 0.6) is 0 Å². The number of piperidine rings is 1. The topological polar surface area (TPSA) is 58.4 Å². The predicted octanol–water partition coefficient (Wildman–Crippen LogP) is 3.17. The van der Waals surface area contributed by atoms with Gasteiger partial charge in [0.05, 0.1) is 0 Å². The van der Waals surface area contributed by atoms with Crippen molar-refractivity contribution in [2.24, 2.45) is 5.73 Å². The zero-order chi connectivity index (χ0) is 16.7.